The lowest BCUT2D eigenvalue weighted by Crippen LogP contribution is -2.44. The summed E-state index contributed by atoms with van der Waals surface area (Å²) >= 11 is 0. The van der Waals surface area contributed by atoms with E-state index >= 15 is 0 Å². The van der Waals surface area contributed by atoms with Crippen LogP contribution in [-0.4, -0.2) is 30.7 Å². The van der Waals surface area contributed by atoms with E-state index in [4.69, 9.17) is 9.47 Å². The molecule has 0 unspecified atom stereocenters. The van der Waals surface area contributed by atoms with Gasteiger partial charge in [0.25, 0.3) is 0 Å². The normalized spacial score (nSPS) is 39.5. The van der Waals surface area contributed by atoms with Gasteiger partial charge in [-0.3, -0.25) is 4.79 Å². The summed E-state index contributed by atoms with van der Waals surface area (Å²) in [5.74, 6) is 2.35. The van der Waals surface area contributed by atoms with Gasteiger partial charge in [-0.1, -0.05) is 45.6 Å². The lowest BCUT2D eigenvalue weighted by atomic mass is 9.62. The largest absolute Gasteiger partial charge is 0.497 e. The van der Waals surface area contributed by atoms with Gasteiger partial charge in [-0.2, -0.15) is 0 Å². The first-order valence-corrected chi connectivity index (χ1v) is 12.0. The number of carbonyl (C=O) groups is 1. The lowest BCUT2D eigenvalue weighted by molar-refractivity contribution is -0.138. The van der Waals surface area contributed by atoms with Gasteiger partial charge in [0.2, 0.25) is 0 Å². The third-order valence-corrected chi connectivity index (χ3v) is 9.34. The molecule has 0 radical (unpaired) electrons. The first-order valence-electron chi connectivity index (χ1n) is 12.0. The van der Waals surface area contributed by atoms with Gasteiger partial charge in [0, 0.05) is 17.3 Å². The van der Waals surface area contributed by atoms with Crippen molar-refractivity contribution < 1.29 is 19.4 Å². The van der Waals surface area contributed by atoms with E-state index in [1.54, 1.807) is 7.11 Å². The molecule has 0 amide bonds. The lowest BCUT2D eigenvalue weighted by Gasteiger charge is -2.39. The highest BCUT2D eigenvalue weighted by Gasteiger charge is 2.70. The van der Waals surface area contributed by atoms with Crippen molar-refractivity contribution in [2.24, 2.45) is 40.4 Å². The van der Waals surface area contributed by atoms with Gasteiger partial charge in [-0.05, 0) is 71.3 Å². The summed E-state index contributed by atoms with van der Waals surface area (Å²) in [6, 6.07) is 7.91. The van der Waals surface area contributed by atoms with Crippen molar-refractivity contribution >= 4 is 5.78 Å². The summed E-state index contributed by atoms with van der Waals surface area (Å²) < 4.78 is 11.3. The molecule has 5 rings (SSSR count). The van der Waals surface area contributed by atoms with Gasteiger partial charge < -0.3 is 14.6 Å². The number of Topliss-reactive ketones (excluding diaryl/α,β-unsaturated/α-hetero) is 1. The molecule has 7 atom stereocenters. The summed E-state index contributed by atoms with van der Waals surface area (Å²) in [5.41, 5.74) is 2.80. The van der Waals surface area contributed by atoms with Gasteiger partial charge in [-0.25, -0.2) is 0 Å². The molecular formula is C28H36O4. The predicted molar refractivity (Wildman–Crippen MR) is 124 cm³/mol. The number of ketones is 1. The van der Waals surface area contributed by atoms with Gasteiger partial charge >= 0.3 is 0 Å². The third-order valence-electron chi connectivity index (χ3n) is 9.34. The van der Waals surface area contributed by atoms with Crippen molar-refractivity contribution in [1.82, 2.24) is 0 Å². The fraction of sp³-hybridized carbons (Fsp3) is 0.607. The number of ether oxygens (including phenoxy) is 2. The Morgan fingerprint density at radius 2 is 1.91 bits per heavy atom. The number of methoxy groups -OCH3 is 1. The van der Waals surface area contributed by atoms with E-state index in [2.05, 4.69) is 33.4 Å². The molecule has 3 fully saturated rings. The van der Waals surface area contributed by atoms with Gasteiger partial charge in [-0.15, -0.1) is 0 Å². The average Bonchev–Trinajstić information content (AvgIpc) is 3.26. The Balaban J connectivity index is 1.42. The molecule has 1 spiro atoms. The van der Waals surface area contributed by atoms with E-state index in [-0.39, 0.29) is 23.2 Å². The zero-order chi connectivity index (χ0) is 22.8. The number of hydrogen-bond acceptors (Lipinski definition) is 4. The van der Waals surface area contributed by atoms with E-state index in [0.717, 1.165) is 35.3 Å². The first kappa shape index (κ1) is 21.9. The molecule has 4 aliphatic rings. The predicted octanol–water partition coefficient (Wildman–Crippen LogP) is 4.96. The topological polar surface area (TPSA) is 55.8 Å². The van der Waals surface area contributed by atoms with Crippen molar-refractivity contribution in [3.05, 3.63) is 53.6 Å². The number of benzene rings is 1. The Labute approximate surface area is 191 Å². The van der Waals surface area contributed by atoms with Crippen molar-refractivity contribution in [3.8, 4) is 5.75 Å². The van der Waals surface area contributed by atoms with Crippen LogP contribution in [0.25, 0.3) is 0 Å². The number of fused-ring (bicyclic) bond motifs is 3. The highest BCUT2D eigenvalue weighted by atomic mass is 16.5. The first-order chi connectivity index (χ1) is 15.2. The Hall–Kier alpha value is -1.91. The second-order valence-corrected chi connectivity index (χ2v) is 11.3. The number of carbonyl (C=O) groups excluding carboxylic acids is 1. The quantitative estimate of drug-likeness (QED) is 0.663. The molecule has 0 aromatic heterocycles. The molecule has 4 heteroatoms. The smallest absolute Gasteiger partial charge is 0.144 e. The van der Waals surface area contributed by atoms with E-state index in [1.807, 2.05) is 24.3 Å². The van der Waals surface area contributed by atoms with Crippen LogP contribution in [0.5, 0.6) is 5.75 Å². The van der Waals surface area contributed by atoms with Crippen LogP contribution in [0.1, 0.15) is 45.6 Å². The number of rotatable bonds is 5. The molecule has 3 saturated carbocycles. The summed E-state index contributed by atoms with van der Waals surface area (Å²) in [5, 5.41) is 11.1. The highest BCUT2D eigenvalue weighted by molar-refractivity contribution is 5.91. The zero-order valence-electron chi connectivity index (χ0n) is 19.8. The van der Waals surface area contributed by atoms with Crippen LogP contribution in [0.15, 0.2) is 48.1 Å². The summed E-state index contributed by atoms with van der Waals surface area (Å²) in [6.07, 6.45) is 4.02. The van der Waals surface area contributed by atoms with Crippen LogP contribution < -0.4 is 4.74 Å². The van der Waals surface area contributed by atoms with Crippen LogP contribution in [-0.2, 0) is 16.1 Å². The molecule has 1 aromatic carbocycles. The number of hydrogen-bond donors (Lipinski definition) is 1. The van der Waals surface area contributed by atoms with Gasteiger partial charge in [0.1, 0.15) is 11.5 Å². The molecule has 4 aliphatic carbocycles. The monoisotopic (exact) mass is 436 g/mol. The Morgan fingerprint density at radius 1 is 1.19 bits per heavy atom. The van der Waals surface area contributed by atoms with Crippen molar-refractivity contribution in [2.45, 2.75) is 52.7 Å². The van der Waals surface area contributed by atoms with Crippen LogP contribution >= 0.6 is 0 Å². The average molecular weight is 437 g/mol. The Morgan fingerprint density at radius 3 is 2.59 bits per heavy atom. The van der Waals surface area contributed by atoms with Crippen LogP contribution in [0.4, 0.5) is 0 Å². The maximum atomic E-state index is 14.1. The Bertz CT molecular complexity index is 958. The van der Waals surface area contributed by atoms with E-state index in [9.17, 15) is 9.90 Å². The standard InChI is InChI=1S/C28H36O4/c1-16-13-28-17(2)10-22-24(27(22,3)4)21(26(28)30)11-19(12-23(28)25(16)29)15-32-14-18-6-8-20(31-5)9-7-18/h6-9,12,17,21-25,29H,1,10-11,13-15H2,2-5H3/t17-,21+,22-,23-,24+,25+,28-/m1/s1. The molecule has 4 nitrogen and oxygen atoms in total. The maximum Gasteiger partial charge on any atom is 0.144 e. The third kappa shape index (κ3) is 3.13. The van der Waals surface area contributed by atoms with Gasteiger partial charge in [0.15, 0.2) is 0 Å². The minimum atomic E-state index is -0.640. The van der Waals surface area contributed by atoms with Crippen LogP contribution in [0, 0.1) is 40.4 Å². The maximum absolute atomic E-state index is 14.1. The second kappa shape index (κ2) is 7.56. The fourth-order valence-electron chi connectivity index (χ4n) is 7.46. The minimum Gasteiger partial charge on any atom is -0.497 e. The highest BCUT2D eigenvalue weighted by Crippen LogP contribution is 2.71. The van der Waals surface area contributed by atoms with Crippen LogP contribution in [0.2, 0.25) is 0 Å². The molecular weight excluding hydrogens is 400 g/mol. The molecule has 32 heavy (non-hydrogen) atoms. The molecule has 2 bridgehead atoms. The number of aliphatic hydroxyl groups is 1. The van der Waals surface area contributed by atoms with Gasteiger partial charge in [0.05, 0.1) is 26.4 Å². The van der Waals surface area contributed by atoms with E-state index in [1.165, 1.54) is 0 Å². The van der Waals surface area contributed by atoms with E-state index in [0.29, 0.717) is 37.3 Å². The Kier molecular flexibility index (Phi) is 5.18. The SMILES string of the molecule is C=C1C[C@]23C(=O)[C@@H](CC(COCc4ccc(OC)cc4)=C[C@@H]2[C@H]1O)[C@H]1[C@@H](C[C@H]3C)C1(C)C. The van der Waals surface area contributed by atoms with Crippen molar-refractivity contribution in [2.75, 3.05) is 13.7 Å². The molecule has 1 N–H and O–H groups in total. The molecule has 1 aromatic rings. The summed E-state index contributed by atoms with van der Waals surface area (Å²) in [6.45, 7) is 12.1. The molecule has 0 heterocycles. The second-order valence-electron chi connectivity index (χ2n) is 11.3. The van der Waals surface area contributed by atoms with E-state index < -0.39 is 11.5 Å². The molecule has 0 saturated heterocycles. The molecule has 0 aliphatic heterocycles. The zero-order valence-corrected chi connectivity index (χ0v) is 19.8. The number of aliphatic hydroxyl groups excluding tert-OH is 1. The summed E-state index contributed by atoms with van der Waals surface area (Å²) in [4.78, 5) is 14.1. The van der Waals surface area contributed by atoms with Crippen molar-refractivity contribution in [3.63, 3.8) is 0 Å². The summed E-state index contributed by atoms with van der Waals surface area (Å²) in [7, 11) is 1.66. The van der Waals surface area contributed by atoms with Crippen molar-refractivity contribution in [1.29, 1.82) is 0 Å². The molecule has 172 valence electrons. The fourth-order valence-corrected chi connectivity index (χ4v) is 7.46. The minimum absolute atomic E-state index is 0.0267. The van der Waals surface area contributed by atoms with Crippen LogP contribution in [0.3, 0.4) is 0 Å².